The van der Waals surface area contributed by atoms with Crippen molar-refractivity contribution >= 4 is 11.7 Å². The first kappa shape index (κ1) is 18.1. The van der Waals surface area contributed by atoms with E-state index in [1.807, 2.05) is 37.4 Å². The highest BCUT2D eigenvalue weighted by molar-refractivity contribution is 5.82. The summed E-state index contributed by atoms with van der Waals surface area (Å²) in [5.74, 6) is 0.832. The van der Waals surface area contributed by atoms with Gasteiger partial charge in [0, 0.05) is 13.1 Å². The average Bonchev–Trinajstić information content (AvgIpc) is 2.64. The summed E-state index contributed by atoms with van der Waals surface area (Å²) in [6.45, 7) is 1.81. The fourth-order valence-corrected chi connectivity index (χ4v) is 2.83. The SMILES string of the molecule is CC(ON=C(N)COc1ccccc1)C(=O)N(C)C1CCCCC1. The summed E-state index contributed by atoms with van der Waals surface area (Å²) in [6, 6.07) is 9.63. The van der Waals surface area contributed by atoms with Crippen molar-refractivity contribution in [2.45, 2.75) is 51.2 Å². The zero-order valence-electron chi connectivity index (χ0n) is 14.5. The number of oxime groups is 1. The Morgan fingerprint density at radius 2 is 1.96 bits per heavy atom. The summed E-state index contributed by atoms with van der Waals surface area (Å²) >= 11 is 0. The Kier molecular flexibility index (Phi) is 6.90. The number of carbonyl (C=O) groups excluding carboxylic acids is 1. The number of carbonyl (C=O) groups is 1. The van der Waals surface area contributed by atoms with Crippen molar-refractivity contribution < 1.29 is 14.4 Å². The van der Waals surface area contributed by atoms with Crippen LogP contribution in [0.3, 0.4) is 0 Å². The van der Waals surface area contributed by atoms with Crippen molar-refractivity contribution in [3.63, 3.8) is 0 Å². The first-order chi connectivity index (χ1) is 11.6. The van der Waals surface area contributed by atoms with E-state index in [0.29, 0.717) is 11.8 Å². The van der Waals surface area contributed by atoms with E-state index >= 15 is 0 Å². The molecule has 1 fully saturated rings. The van der Waals surface area contributed by atoms with Gasteiger partial charge in [0.15, 0.2) is 5.84 Å². The number of amidine groups is 1. The first-order valence-corrected chi connectivity index (χ1v) is 8.50. The quantitative estimate of drug-likeness (QED) is 0.472. The van der Waals surface area contributed by atoms with E-state index in [1.165, 1.54) is 19.3 Å². The van der Waals surface area contributed by atoms with Gasteiger partial charge in [-0.15, -0.1) is 0 Å². The number of para-hydroxylation sites is 1. The van der Waals surface area contributed by atoms with Crippen LogP contribution in [-0.4, -0.2) is 42.4 Å². The number of benzene rings is 1. The van der Waals surface area contributed by atoms with Gasteiger partial charge < -0.3 is 20.2 Å². The molecule has 1 saturated carbocycles. The second-order valence-electron chi connectivity index (χ2n) is 6.17. The van der Waals surface area contributed by atoms with Gasteiger partial charge in [0.25, 0.3) is 5.91 Å². The maximum absolute atomic E-state index is 12.4. The molecule has 0 radical (unpaired) electrons. The highest BCUT2D eigenvalue weighted by atomic mass is 16.6. The highest BCUT2D eigenvalue weighted by Gasteiger charge is 2.26. The lowest BCUT2D eigenvalue weighted by Crippen LogP contribution is -2.43. The van der Waals surface area contributed by atoms with Crippen LogP contribution < -0.4 is 10.5 Å². The van der Waals surface area contributed by atoms with Crippen LogP contribution >= 0.6 is 0 Å². The molecule has 0 aliphatic heterocycles. The van der Waals surface area contributed by atoms with Gasteiger partial charge in [0.2, 0.25) is 6.10 Å². The topological polar surface area (TPSA) is 77.1 Å². The molecule has 0 heterocycles. The monoisotopic (exact) mass is 333 g/mol. The normalized spacial score (nSPS) is 17.2. The molecular weight excluding hydrogens is 306 g/mol. The second-order valence-corrected chi connectivity index (χ2v) is 6.17. The van der Waals surface area contributed by atoms with Crippen LogP contribution in [0.5, 0.6) is 5.75 Å². The number of ether oxygens (including phenoxy) is 1. The van der Waals surface area contributed by atoms with Gasteiger partial charge in [-0.05, 0) is 31.9 Å². The minimum absolute atomic E-state index is 0.0672. The summed E-state index contributed by atoms with van der Waals surface area (Å²) < 4.78 is 5.47. The standard InChI is InChI=1S/C18H27N3O3/c1-14(18(22)21(2)15-9-5-3-6-10-15)24-20-17(19)13-23-16-11-7-4-8-12-16/h4,7-8,11-12,14-15H,3,5-6,9-10,13H2,1-2H3,(H2,19,20). The molecule has 1 aliphatic rings. The molecule has 0 bridgehead atoms. The van der Waals surface area contributed by atoms with Crippen LogP contribution in [0.25, 0.3) is 0 Å². The summed E-state index contributed by atoms with van der Waals surface area (Å²) in [4.78, 5) is 19.4. The van der Waals surface area contributed by atoms with Gasteiger partial charge in [0.05, 0.1) is 0 Å². The van der Waals surface area contributed by atoms with Gasteiger partial charge in [-0.25, -0.2) is 0 Å². The average molecular weight is 333 g/mol. The zero-order valence-corrected chi connectivity index (χ0v) is 14.5. The Bertz CT molecular complexity index is 542. The van der Waals surface area contributed by atoms with Gasteiger partial charge in [-0.3, -0.25) is 4.79 Å². The number of nitrogens with two attached hydrogens (primary N) is 1. The Hall–Kier alpha value is -2.24. The summed E-state index contributed by atoms with van der Waals surface area (Å²) in [5, 5.41) is 3.81. The molecule has 6 nitrogen and oxygen atoms in total. The van der Waals surface area contributed by atoms with E-state index in [0.717, 1.165) is 12.8 Å². The third kappa shape index (κ3) is 5.44. The zero-order chi connectivity index (χ0) is 17.4. The van der Waals surface area contributed by atoms with Crippen LogP contribution in [0.1, 0.15) is 39.0 Å². The Morgan fingerprint density at radius 3 is 2.62 bits per heavy atom. The van der Waals surface area contributed by atoms with E-state index in [4.69, 9.17) is 15.3 Å². The lowest BCUT2D eigenvalue weighted by Gasteiger charge is -2.32. The minimum atomic E-state index is -0.660. The molecule has 0 saturated heterocycles. The maximum Gasteiger partial charge on any atom is 0.266 e. The number of hydrogen-bond donors (Lipinski definition) is 1. The van der Waals surface area contributed by atoms with Crippen molar-refractivity contribution in [2.75, 3.05) is 13.7 Å². The molecule has 1 aliphatic carbocycles. The molecule has 6 heteroatoms. The molecule has 1 aromatic rings. The van der Waals surface area contributed by atoms with Gasteiger partial charge in [-0.2, -0.15) is 0 Å². The van der Waals surface area contributed by atoms with Crippen LogP contribution in [0.4, 0.5) is 0 Å². The van der Waals surface area contributed by atoms with Crippen molar-refractivity contribution in [3.05, 3.63) is 30.3 Å². The third-order valence-corrected chi connectivity index (χ3v) is 4.28. The van der Waals surface area contributed by atoms with E-state index in [-0.39, 0.29) is 18.3 Å². The maximum atomic E-state index is 12.4. The Labute approximate surface area is 143 Å². The van der Waals surface area contributed by atoms with E-state index in [2.05, 4.69) is 5.16 Å². The number of nitrogens with zero attached hydrogens (tertiary/aromatic N) is 2. The fraction of sp³-hybridized carbons (Fsp3) is 0.556. The summed E-state index contributed by atoms with van der Waals surface area (Å²) in [6.07, 6.45) is 5.08. The van der Waals surface area contributed by atoms with Crippen LogP contribution in [0.2, 0.25) is 0 Å². The molecule has 1 unspecified atom stereocenters. The molecule has 1 atom stereocenters. The van der Waals surface area contributed by atoms with Crippen molar-refractivity contribution in [3.8, 4) is 5.75 Å². The summed E-state index contributed by atoms with van der Waals surface area (Å²) in [7, 11) is 1.84. The molecule has 1 amide bonds. The van der Waals surface area contributed by atoms with Gasteiger partial charge in [-0.1, -0.05) is 42.6 Å². The fourth-order valence-electron chi connectivity index (χ4n) is 2.83. The summed E-state index contributed by atoms with van der Waals surface area (Å²) in [5.41, 5.74) is 5.76. The number of amides is 1. The molecule has 0 spiro atoms. The predicted molar refractivity (Wildman–Crippen MR) is 93.7 cm³/mol. The van der Waals surface area contributed by atoms with Crippen molar-refractivity contribution in [1.82, 2.24) is 4.90 Å². The van der Waals surface area contributed by atoms with E-state index < -0.39 is 6.10 Å². The minimum Gasteiger partial charge on any atom is -0.486 e. The molecule has 2 rings (SSSR count). The molecule has 1 aromatic carbocycles. The Morgan fingerprint density at radius 1 is 1.29 bits per heavy atom. The highest BCUT2D eigenvalue weighted by Crippen LogP contribution is 2.22. The van der Waals surface area contributed by atoms with Gasteiger partial charge >= 0.3 is 0 Å². The molecular formula is C18H27N3O3. The molecule has 132 valence electrons. The second kappa shape index (κ2) is 9.15. The number of rotatable bonds is 7. The smallest absolute Gasteiger partial charge is 0.266 e. The molecule has 24 heavy (non-hydrogen) atoms. The Balaban J connectivity index is 1.77. The largest absolute Gasteiger partial charge is 0.486 e. The predicted octanol–water partition coefficient (Wildman–Crippen LogP) is 2.53. The van der Waals surface area contributed by atoms with Crippen molar-refractivity contribution in [1.29, 1.82) is 0 Å². The van der Waals surface area contributed by atoms with E-state index in [1.54, 1.807) is 11.8 Å². The third-order valence-electron chi connectivity index (χ3n) is 4.28. The number of hydrogen-bond acceptors (Lipinski definition) is 4. The van der Waals surface area contributed by atoms with Crippen LogP contribution in [-0.2, 0) is 9.63 Å². The number of likely N-dealkylation sites (N-methyl/N-ethyl adjacent to an activating group) is 1. The van der Waals surface area contributed by atoms with Crippen LogP contribution in [0.15, 0.2) is 35.5 Å². The van der Waals surface area contributed by atoms with E-state index in [9.17, 15) is 4.79 Å². The first-order valence-electron chi connectivity index (χ1n) is 8.50. The van der Waals surface area contributed by atoms with Crippen molar-refractivity contribution in [2.24, 2.45) is 10.9 Å². The molecule has 0 aromatic heterocycles. The lowest BCUT2D eigenvalue weighted by atomic mass is 9.94. The van der Waals surface area contributed by atoms with Crippen LogP contribution in [0, 0.1) is 0 Å². The lowest BCUT2D eigenvalue weighted by molar-refractivity contribution is -0.144. The van der Waals surface area contributed by atoms with Gasteiger partial charge in [0.1, 0.15) is 12.4 Å². The molecule has 2 N–H and O–H groups in total.